The van der Waals surface area contributed by atoms with E-state index in [9.17, 15) is 5.11 Å². The van der Waals surface area contributed by atoms with Crippen molar-refractivity contribution in [2.45, 2.75) is 0 Å². The molecule has 0 heterocycles. The molecule has 2 aromatic carbocycles. The van der Waals surface area contributed by atoms with Crippen LogP contribution >= 0.6 is 0 Å². The van der Waals surface area contributed by atoms with E-state index in [0.717, 1.165) is 0 Å². The summed E-state index contributed by atoms with van der Waals surface area (Å²) < 4.78 is 16.0. The summed E-state index contributed by atoms with van der Waals surface area (Å²) in [5, 5.41) is 10.1. The van der Waals surface area contributed by atoms with Crippen molar-refractivity contribution in [3.63, 3.8) is 0 Å². The maximum Gasteiger partial charge on any atom is 0.130 e. The molecule has 0 aliphatic heterocycles. The Balaban J connectivity index is 2.77. The summed E-state index contributed by atoms with van der Waals surface area (Å²) in [7, 11) is 4.70. The predicted molar refractivity (Wildman–Crippen MR) is 73.2 cm³/mol. The average Bonchev–Trinajstić information content (AvgIpc) is 2.46. The van der Waals surface area contributed by atoms with Crippen molar-refractivity contribution >= 4 is 0 Å². The lowest BCUT2D eigenvalue weighted by Gasteiger charge is -2.16. The highest BCUT2D eigenvalue weighted by Crippen LogP contribution is 2.46. The van der Waals surface area contributed by atoms with E-state index in [-0.39, 0.29) is 5.75 Å². The second-order valence-electron chi connectivity index (χ2n) is 3.89. The molecule has 4 heteroatoms. The molecule has 2 aromatic rings. The number of methoxy groups -OCH3 is 3. The molecule has 0 aliphatic rings. The van der Waals surface area contributed by atoms with Gasteiger partial charge in [-0.2, -0.15) is 0 Å². The molecule has 0 radical (unpaired) electrons. The van der Waals surface area contributed by atoms with Gasteiger partial charge in [-0.15, -0.1) is 0 Å². The van der Waals surface area contributed by atoms with Gasteiger partial charge in [-0.05, 0) is 24.3 Å². The minimum absolute atomic E-state index is 0.113. The standard InChI is InChI=1S/C15H16O4/c1-17-11-7-4-6-10(16)14(11)15-12(18-2)8-5-9-13(15)19-3/h4-9,16H,1-3H3. The number of phenolic OH excluding ortho intramolecular Hbond substituents is 1. The van der Waals surface area contributed by atoms with Crippen LogP contribution in [0.5, 0.6) is 23.0 Å². The fraction of sp³-hybridized carbons (Fsp3) is 0.200. The van der Waals surface area contributed by atoms with Gasteiger partial charge < -0.3 is 19.3 Å². The van der Waals surface area contributed by atoms with Crippen LogP contribution in [0.2, 0.25) is 0 Å². The molecule has 0 amide bonds. The molecule has 2 rings (SSSR count). The smallest absolute Gasteiger partial charge is 0.130 e. The Bertz CT molecular complexity index is 556. The number of benzene rings is 2. The molecule has 0 aliphatic carbocycles. The maximum atomic E-state index is 10.1. The van der Waals surface area contributed by atoms with E-state index < -0.39 is 0 Å². The summed E-state index contributed by atoms with van der Waals surface area (Å²) >= 11 is 0. The fourth-order valence-corrected chi connectivity index (χ4v) is 2.04. The van der Waals surface area contributed by atoms with Crippen LogP contribution < -0.4 is 14.2 Å². The topological polar surface area (TPSA) is 47.9 Å². The molecule has 100 valence electrons. The predicted octanol–water partition coefficient (Wildman–Crippen LogP) is 3.09. The monoisotopic (exact) mass is 260 g/mol. The highest BCUT2D eigenvalue weighted by Gasteiger charge is 2.19. The summed E-state index contributed by atoms with van der Waals surface area (Å²) in [5.41, 5.74) is 1.22. The molecule has 0 aromatic heterocycles. The SMILES string of the molecule is COc1cccc(O)c1-c1c(OC)cccc1OC. The molecule has 0 saturated carbocycles. The van der Waals surface area contributed by atoms with Crippen molar-refractivity contribution in [2.24, 2.45) is 0 Å². The molecule has 0 atom stereocenters. The quantitative estimate of drug-likeness (QED) is 0.917. The number of aromatic hydroxyl groups is 1. The Morgan fingerprint density at radius 2 is 1.11 bits per heavy atom. The van der Waals surface area contributed by atoms with E-state index in [1.807, 2.05) is 18.2 Å². The average molecular weight is 260 g/mol. The largest absolute Gasteiger partial charge is 0.507 e. The molecule has 1 N–H and O–H groups in total. The van der Waals surface area contributed by atoms with Crippen LogP contribution in [0.3, 0.4) is 0 Å². The third-order valence-corrected chi connectivity index (χ3v) is 2.90. The van der Waals surface area contributed by atoms with Crippen molar-refractivity contribution < 1.29 is 19.3 Å². The lowest BCUT2D eigenvalue weighted by Crippen LogP contribution is -1.95. The Morgan fingerprint density at radius 1 is 0.684 bits per heavy atom. The molecular formula is C15H16O4. The number of hydrogen-bond donors (Lipinski definition) is 1. The van der Waals surface area contributed by atoms with Crippen LogP contribution in [0.25, 0.3) is 11.1 Å². The zero-order valence-electron chi connectivity index (χ0n) is 11.1. The van der Waals surface area contributed by atoms with Crippen LogP contribution in [-0.2, 0) is 0 Å². The first kappa shape index (κ1) is 13.1. The van der Waals surface area contributed by atoms with Crippen molar-refractivity contribution in [2.75, 3.05) is 21.3 Å². The van der Waals surface area contributed by atoms with Crippen LogP contribution in [0.4, 0.5) is 0 Å². The summed E-state index contributed by atoms with van der Waals surface area (Å²) in [5.74, 6) is 1.89. The van der Waals surface area contributed by atoms with Gasteiger partial charge in [0.2, 0.25) is 0 Å². The Kier molecular flexibility index (Phi) is 3.80. The van der Waals surface area contributed by atoms with Gasteiger partial charge in [0.25, 0.3) is 0 Å². The zero-order chi connectivity index (χ0) is 13.8. The van der Waals surface area contributed by atoms with Gasteiger partial charge in [0, 0.05) is 0 Å². The normalized spacial score (nSPS) is 10.1. The number of phenols is 1. The van der Waals surface area contributed by atoms with Gasteiger partial charge in [0.05, 0.1) is 32.5 Å². The number of hydrogen-bond acceptors (Lipinski definition) is 4. The fourth-order valence-electron chi connectivity index (χ4n) is 2.04. The first-order chi connectivity index (χ1) is 9.22. The lowest BCUT2D eigenvalue weighted by atomic mass is 10.0. The summed E-state index contributed by atoms with van der Waals surface area (Å²) in [6, 6.07) is 10.5. The van der Waals surface area contributed by atoms with E-state index in [0.29, 0.717) is 28.4 Å². The number of ether oxygens (including phenoxy) is 3. The molecule has 19 heavy (non-hydrogen) atoms. The van der Waals surface area contributed by atoms with E-state index >= 15 is 0 Å². The molecule has 0 fully saturated rings. The van der Waals surface area contributed by atoms with E-state index in [1.54, 1.807) is 39.5 Å². The first-order valence-electron chi connectivity index (χ1n) is 5.80. The van der Waals surface area contributed by atoms with Crippen molar-refractivity contribution in [3.05, 3.63) is 36.4 Å². The minimum Gasteiger partial charge on any atom is -0.507 e. The van der Waals surface area contributed by atoms with E-state index in [1.165, 1.54) is 0 Å². The highest BCUT2D eigenvalue weighted by molar-refractivity contribution is 5.85. The second-order valence-corrected chi connectivity index (χ2v) is 3.89. The molecule has 0 unspecified atom stereocenters. The zero-order valence-corrected chi connectivity index (χ0v) is 11.1. The maximum absolute atomic E-state index is 10.1. The highest BCUT2D eigenvalue weighted by atomic mass is 16.5. The molecule has 0 spiro atoms. The number of rotatable bonds is 4. The summed E-state index contributed by atoms with van der Waals surface area (Å²) in [6.07, 6.45) is 0. The van der Waals surface area contributed by atoms with Gasteiger partial charge in [-0.1, -0.05) is 12.1 Å². The van der Waals surface area contributed by atoms with Gasteiger partial charge >= 0.3 is 0 Å². The van der Waals surface area contributed by atoms with Crippen LogP contribution in [0, 0.1) is 0 Å². The Hall–Kier alpha value is -2.36. The van der Waals surface area contributed by atoms with Gasteiger partial charge in [0.15, 0.2) is 0 Å². The summed E-state index contributed by atoms with van der Waals surface area (Å²) in [4.78, 5) is 0. The Morgan fingerprint density at radius 3 is 1.58 bits per heavy atom. The minimum atomic E-state index is 0.113. The van der Waals surface area contributed by atoms with Gasteiger partial charge in [-0.25, -0.2) is 0 Å². The van der Waals surface area contributed by atoms with Crippen LogP contribution in [0.15, 0.2) is 36.4 Å². The van der Waals surface area contributed by atoms with E-state index in [4.69, 9.17) is 14.2 Å². The van der Waals surface area contributed by atoms with Crippen LogP contribution in [0.1, 0.15) is 0 Å². The van der Waals surface area contributed by atoms with E-state index in [2.05, 4.69) is 0 Å². The summed E-state index contributed by atoms with van der Waals surface area (Å²) in [6.45, 7) is 0. The molecular weight excluding hydrogens is 244 g/mol. The van der Waals surface area contributed by atoms with Crippen molar-refractivity contribution in [3.8, 4) is 34.1 Å². The first-order valence-corrected chi connectivity index (χ1v) is 5.80. The second kappa shape index (κ2) is 5.52. The van der Waals surface area contributed by atoms with Crippen molar-refractivity contribution in [1.29, 1.82) is 0 Å². The Labute approximate surface area is 112 Å². The lowest BCUT2D eigenvalue weighted by molar-refractivity contribution is 0.391. The molecule has 0 saturated heterocycles. The van der Waals surface area contributed by atoms with Gasteiger partial charge in [0.1, 0.15) is 23.0 Å². The van der Waals surface area contributed by atoms with Crippen molar-refractivity contribution in [1.82, 2.24) is 0 Å². The third-order valence-electron chi connectivity index (χ3n) is 2.90. The van der Waals surface area contributed by atoms with Gasteiger partial charge in [-0.3, -0.25) is 0 Å². The molecule has 4 nitrogen and oxygen atoms in total. The molecule has 0 bridgehead atoms. The van der Waals surface area contributed by atoms with Crippen LogP contribution in [-0.4, -0.2) is 26.4 Å². The third kappa shape index (κ3) is 2.29.